The van der Waals surface area contributed by atoms with Crippen LogP contribution in [0.1, 0.15) is 44.1 Å². The van der Waals surface area contributed by atoms with Gasteiger partial charge in [-0.05, 0) is 49.6 Å². The molecule has 1 fully saturated rings. The zero-order chi connectivity index (χ0) is 19.9. The van der Waals surface area contributed by atoms with E-state index in [0.29, 0.717) is 17.3 Å². The molecule has 1 aromatic rings. The Kier molecular flexibility index (Phi) is 8.76. The van der Waals surface area contributed by atoms with Crippen LogP contribution < -0.4 is 9.62 Å². The summed E-state index contributed by atoms with van der Waals surface area (Å²) in [6.07, 6.45) is 8.61. The topological polar surface area (TPSA) is 66.5 Å². The highest BCUT2D eigenvalue weighted by molar-refractivity contribution is 7.99. The second kappa shape index (κ2) is 10.6. The molecule has 0 radical (unpaired) electrons. The molecule has 1 aliphatic carbocycles. The molecule has 1 saturated carbocycles. The fourth-order valence-corrected chi connectivity index (χ4v) is 5.44. The predicted octanol–water partition coefficient (Wildman–Crippen LogP) is 3.99. The average Bonchev–Trinajstić information content (AvgIpc) is 2.62. The Morgan fingerprint density at radius 2 is 2.00 bits per heavy atom. The Labute approximate surface area is 172 Å². The summed E-state index contributed by atoms with van der Waals surface area (Å²) in [5, 5.41) is 4.07. The lowest BCUT2D eigenvalue weighted by Gasteiger charge is -2.22. The number of hydrogen-bond donors (Lipinski definition) is 1. The van der Waals surface area contributed by atoms with Crippen LogP contribution in [0.3, 0.4) is 0 Å². The van der Waals surface area contributed by atoms with E-state index in [2.05, 4.69) is 5.32 Å². The highest BCUT2D eigenvalue weighted by Crippen LogP contribution is 2.28. The van der Waals surface area contributed by atoms with E-state index in [-0.39, 0.29) is 12.5 Å². The number of nitrogens with one attached hydrogen (secondary N) is 1. The van der Waals surface area contributed by atoms with Gasteiger partial charge in [-0.15, -0.1) is 0 Å². The van der Waals surface area contributed by atoms with Gasteiger partial charge in [-0.25, -0.2) is 8.42 Å². The van der Waals surface area contributed by atoms with Gasteiger partial charge in [-0.2, -0.15) is 11.8 Å². The normalized spacial score (nSPS) is 15.5. The summed E-state index contributed by atoms with van der Waals surface area (Å²) in [6.45, 7) is 2.16. The molecule has 0 spiro atoms. The first kappa shape index (κ1) is 22.4. The lowest BCUT2D eigenvalue weighted by atomic mass is 10.0. The molecule has 8 heteroatoms. The maximum absolute atomic E-state index is 12.2. The van der Waals surface area contributed by atoms with Gasteiger partial charge in [0.2, 0.25) is 15.9 Å². The van der Waals surface area contributed by atoms with Crippen LogP contribution in [-0.2, 0) is 14.8 Å². The summed E-state index contributed by atoms with van der Waals surface area (Å²) >= 11 is 8.10. The third-order valence-corrected chi connectivity index (χ3v) is 7.69. The molecule has 0 aromatic heterocycles. The Morgan fingerprint density at radius 3 is 2.63 bits per heavy atom. The van der Waals surface area contributed by atoms with Crippen LogP contribution in [-0.4, -0.2) is 44.7 Å². The number of rotatable bonds is 9. The molecule has 1 aliphatic rings. The van der Waals surface area contributed by atoms with Crippen LogP contribution in [0.2, 0.25) is 5.02 Å². The number of amides is 1. The largest absolute Gasteiger partial charge is 0.354 e. The molecule has 0 heterocycles. The van der Waals surface area contributed by atoms with Gasteiger partial charge in [-0.1, -0.05) is 36.9 Å². The molecule has 1 amide bonds. The molecule has 2 rings (SSSR count). The number of aryl methyl sites for hydroxylation is 1. The van der Waals surface area contributed by atoms with Gasteiger partial charge in [-0.3, -0.25) is 9.10 Å². The standard InChI is InChI=1S/C19H29ClN2O3S2/c1-15-9-10-16(13-18(15)20)22(27(2,24)25)14-19(23)21-11-6-12-26-17-7-4-3-5-8-17/h9-10,13,17H,3-8,11-12,14H2,1-2H3,(H,21,23). The fourth-order valence-electron chi connectivity index (χ4n) is 3.11. The minimum absolute atomic E-state index is 0.242. The van der Waals surface area contributed by atoms with Crippen molar-refractivity contribution in [2.24, 2.45) is 0 Å². The number of benzene rings is 1. The Hall–Kier alpha value is -0.920. The number of nitrogens with zero attached hydrogens (tertiary/aromatic N) is 1. The molecule has 5 nitrogen and oxygen atoms in total. The van der Waals surface area contributed by atoms with Gasteiger partial charge >= 0.3 is 0 Å². The lowest BCUT2D eigenvalue weighted by Crippen LogP contribution is -2.40. The molecule has 0 unspecified atom stereocenters. The van der Waals surface area contributed by atoms with Crippen molar-refractivity contribution < 1.29 is 13.2 Å². The minimum atomic E-state index is -3.58. The lowest BCUT2D eigenvalue weighted by molar-refractivity contribution is -0.119. The van der Waals surface area contributed by atoms with Crippen LogP contribution in [0.15, 0.2) is 18.2 Å². The van der Waals surface area contributed by atoms with E-state index in [4.69, 9.17) is 11.6 Å². The van der Waals surface area contributed by atoms with Gasteiger partial charge < -0.3 is 5.32 Å². The van der Waals surface area contributed by atoms with Gasteiger partial charge in [0, 0.05) is 16.8 Å². The summed E-state index contributed by atoms with van der Waals surface area (Å²) in [4.78, 5) is 12.2. The maximum Gasteiger partial charge on any atom is 0.240 e. The van der Waals surface area contributed by atoms with E-state index in [0.717, 1.165) is 33.5 Å². The number of halogens is 1. The van der Waals surface area contributed by atoms with Gasteiger partial charge in [0.15, 0.2) is 0 Å². The number of carbonyl (C=O) groups excluding carboxylic acids is 1. The summed E-state index contributed by atoms with van der Waals surface area (Å²) < 4.78 is 25.3. The van der Waals surface area contributed by atoms with Gasteiger partial charge in [0.1, 0.15) is 6.54 Å². The van der Waals surface area contributed by atoms with E-state index in [1.54, 1.807) is 18.2 Å². The molecule has 0 saturated heterocycles. The second-order valence-electron chi connectivity index (χ2n) is 7.04. The molecular formula is C19H29ClN2O3S2. The number of anilines is 1. The van der Waals surface area contributed by atoms with Crippen LogP contribution in [0, 0.1) is 6.92 Å². The van der Waals surface area contributed by atoms with Crippen molar-refractivity contribution in [3.63, 3.8) is 0 Å². The molecular weight excluding hydrogens is 404 g/mol. The maximum atomic E-state index is 12.2. The van der Waals surface area contributed by atoms with E-state index in [1.165, 1.54) is 32.1 Å². The molecule has 0 aliphatic heterocycles. The molecule has 1 aromatic carbocycles. The number of sulfonamides is 1. The minimum Gasteiger partial charge on any atom is -0.354 e. The molecule has 0 bridgehead atoms. The van der Waals surface area contributed by atoms with Crippen LogP contribution >= 0.6 is 23.4 Å². The van der Waals surface area contributed by atoms with Crippen molar-refractivity contribution in [1.82, 2.24) is 5.32 Å². The van der Waals surface area contributed by atoms with Crippen LogP contribution in [0.4, 0.5) is 5.69 Å². The summed E-state index contributed by atoms with van der Waals surface area (Å²) in [6, 6.07) is 4.98. The zero-order valence-corrected chi connectivity index (χ0v) is 18.4. The quantitative estimate of drug-likeness (QED) is 0.599. The monoisotopic (exact) mass is 432 g/mol. The third kappa shape index (κ3) is 7.54. The molecule has 27 heavy (non-hydrogen) atoms. The molecule has 1 N–H and O–H groups in total. The van der Waals surface area contributed by atoms with Crippen molar-refractivity contribution in [2.45, 2.75) is 50.7 Å². The van der Waals surface area contributed by atoms with E-state index in [1.807, 2.05) is 18.7 Å². The molecule has 0 atom stereocenters. The van der Waals surface area contributed by atoms with Crippen LogP contribution in [0.25, 0.3) is 0 Å². The van der Waals surface area contributed by atoms with E-state index >= 15 is 0 Å². The van der Waals surface area contributed by atoms with Gasteiger partial charge in [0.05, 0.1) is 11.9 Å². The van der Waals surface area contributed by atoms with Crippen molar-refractivity contribution in [3.8, 4) is 0 Å². The highest BCUT2D eigenvalue weighted by Gasteiger charge is 2.21. The van der Waals surface area contributed by atoms with E-state index in [9.17, 15) is 13.2 Å². The first-order valence-corrected chi connectivity index (χ1v) is 12.7. The SMILES string of the molecule is Cc1ccc(N(CC(=O)NCCCSC2CCCCC2)S(C)(=O)=O)cc1Cl. The van der Waals surface area contributed by atoms with Crippen molar-refractivity contribution in [1.29, 1.82) is 0 Å². The smallest absolute Gasteiger partial charge is 0.240 e. The average molecular weight is 433 g/mol. The second-order valence-corrected chi connectivity index (χ2v) is 10.8. The molecule has 152 valence electrons. The first-order valence-electron chi connectivity index (χ1n) is 9.39. The summed E-state index contributed by atoms with van der Waals surface area (Å²) in [7, 11) is -3.58. The van der Waals surface area contributed by atoms with Crippen molar-refractivity contribution >= 4 is 45.0 Å². The van der Waals surface area contributed by atoms with E-state index < -0.39 is 10.0 Å². The fraction of sp³-hybridized carbons (Fsp3) is 0.632. The summed E-state index contributed by atoms with van der Waals surface area (Å²) in [5.74, 6) is 0.716. The van der Waals surface area contributed by atoms with Crippen molar-refractivity contribution in [3.05, 3.63) is 28.8 Å². The first-order chi connectivity index (χ1) is 12.8. The third-order valence-electron chi connectivity index (χ3n) is 4.68. The Morgan fingerprint density at radius 1 is 1.30 bits per heavy atom. The summed E-state index contributed by atoms with van der Waals surface area (Å²) in [5.41, 5.74) is 1.25. The Balaban J connectivity index is 1.80. The Bertz CT molecular complexity index is 734. The highest BCUT2D eigenvalue weighted by atomic mass is 35.5. The number of thioether (sulfide) groups is 1. The number of hydrogen-bond acceptors (Lipinski definition) is 4. The zero-order valence-electron chi connectivity index (χ0n) is 16.0. The van der Waals surface area contributed by atoms with Gasteiger partial charge in [0.25, 0.3) is 0 Å². The van der Waals surface area contributed by atoms with Crippen LogP contribution in [0.5, 0.6) is 0 Å². The number of carbonyl (C=O) groups is 1. The van der Waals surface area contributed by atoms with Crippen molar-refractivity contribution in [2.75, 3.05) is 29.4 Å². The predicted molar refractivity (Wildman–Crippen MR) is 115 cm³/mol.